The van der Waals surface area contributed by atoms with Crippen LogP contribution in [-0.2, 0) is 11.3 Å². The molecule has 2 aromatic rings. The Morgan fingerprint density at radius 1 is 1.09 bits per heavy atom. The Bertz CT molecular complexity index is 736. The molecule has 1 aromatic heterocycles. The number of hydrogen-bond donors (Lipinski definition) is 0. The number of rotatable bonds is 3. The van der Waals surface area contributed by atoms with Crippen molar-refractivity contribution in [3.8, 4) is 0 Å². The molecular formula is C16H17FN4O2. The van der Waals surface area contributed by atoms with E-state index < -0.39 is 0 Å². The van der Waals surface area contributed by atoms with Gasteiger partial charge in [-0.25, -0.2) is 9.37 Å². The van der Waals surface area contributed by atoms with Crippen LogP contribution in [0.3, 0.4) is 0 Å². The van der Waals surface area contributed by atoms with E-state index in [1.54, 1.807) is 17.0 Å². The Kier molecular flexibility index (Phi) is 4.36. The highest BCUT2D eigenvalue weighted by atomic mass is 19.1. The number of anilines is 1. The largest absolute Gasteiger partial charge is 0.368 e. The van der Waals surface area contributed by atoms with Crippen molar-refractivity contribution >= 4 is 11.6 Å². The summed E-state index contributed by atoms with van der Waals surface area (Å²) in [5.41, 5.74) is 0.709. The molecule has 1 saturated heterocycles. The van der Waals surface area contributed by atoms with Crippen LogP contribution in [0.5, 0.6) is 0 Å². The van der Waals surface area contributed by atoms with Crippen LogP contribution in [0.15, 0.2) is 47.7 Å². The predicted molar refractivity (Wildman–Crippen MR) is 83.7 cm³/mol. The van der Waals surface area contributed by atoms with E-state index in [0.717, 1.165) is 5.69 Å². The molecular weight excluding hydrogens is 299 g/mol. The van der Waals surface area contributed by atoms with Crippen LogP contribution in [0.1, 0.15) is 0 Å². The van der Waals surface area contributed by atoms with E-state index in [2.05, 4.69) is 9.88 Å². The van der Waals surface area contributed by atoms with Gasteiger partial charge in [0, 0.05) is 44.1 Å². The molecule has 1 fully saturated rings. The van der Waals surface area contributed by atoms with Crippen molar-refractivity contribution in [1.82, 2.24) is 14.5 Å². The fraction of sp³-hybridized carbons (Fsp3) is 0.312. The van der Waals surface area contributed by atoms with Crippen LogP contribution < -0.4 is 10.5 Å². The summed E-state index contributed by atoms with van der Waals surface area (Å²) in [5.74, 6) is -0.358. The SMILES string of the molecule is O=C(Cn1cnccc1=O)N1CCN(c2ccc(F)cc2)CC1. The van der Waals surface area contributed by atoms with E-state index in [4.69, 9.17) is 0 Å². The van der Waals surface area contributed by atoms with Crippen molar-refractivity contribution < 1.29 is 9.18 Å². The van der Waals surface area contributed by atoms with Gasteiger partial charge in [0.25, 0.3) is 5.56 Å². The molecule has 0 spiro atoms. The quantitative estimate of drug-likeness (QED) is 0.838. The molecule has 0 N–H and O–H groups in total. The molecule has 3 rings (SSSR count). The van der Waals surface area contributed by atoms with E-state index in [-0.39, 0.29) is 23.8 Å². The van der Waals surface area contributed by atoms with Crippen LogP contribution in [0.25, 0.3) is 0 Å². The number of amides is 1. The molecule has 23 heavy (non-hydrogen) atoms. The first-order valence-electron chi connectivity index (χ1n) is 7.42. The summed E-state index contributed by atoms with van der Waals surface area (Å²) >= 11 is 0. The predicted octanol–water partition coefficient (Wildman–Crippen LogP) is 0.731. The zero-order valence-corrected chi connectivity index (χ0v) is 12.6. The number of carbonyl (C=O) groups excluding carboxylic acids is 1. The average Bonchev–Trinajstić information content (AvgIpc) is 2.58. The fourth-order valence-electron chi connectivity index (χ4n) is 2.61. The van der Waals surface area contributed by atoms with Gasteiger partial charge < -0.3 is 9.80 Å². The van der Waals surface area contributed by atoms with Crippen molar-refractivity contribution in [2.45, 2.75) is 6.54 Å². The van der Waals surface area contributed by atoms with Gasteiger partial charge in [-0.15, -0.1) is 0 Å². The van der Waals surface area contributed by atoms with Crippen molar-refractivity contribution in [2.24, 2.45) is 0 Å². The molecule has 2 heterocycles. The third kappa shape index (κ3) is 3.56. The molecule has 0 atom stereocenters. The number of benzene rings is 1. The second-order valence-electron chi connectivity index (χ2n) is 5.39. The molecule has 6 nitrogen and oxygen atoms in total. The smallest absolute Gasteiger partial charge is 0.253 e. The van der Waals surface area contributed by atoms with Gasteiger partial charge in [-0.05, 0) is 24.3 Å². The summed E-state index contributed by atoms with van der Waals surface area (Å²) < 4.78 is 14.3. The molecule has 0 radical (unpaired) electrons. The maximum Gasteiger partial charge on any atom is 0.253 e. The van der Waals surface area contributed by atoms with Crippen molar-refractivity contribution in [2.75, 3.05) is 31.1 Å². The molecule has 7 heteroatoms. The molecule has 0 bridgehead atoms. The molecule has 0 unspecified atom stereocenters. The summed E-state index contributed by atoms with van der Waals surface area (Å²) in [6, 6.07) is 7.67. The topological polar surface area (TPSA) is 58.4 Å². The Morgan fingerprint density at radius 2 is 1.78 bits per heavy atom. The second kappa shape index (κ2) is 6.60. The average molecular weight is 316 g/mol. The maximum absolute atomic E-state index is 13.0. The molecule has 1 aromatic carbocycles. The number of carbonyl (C=O) groups is 1. The van der Waals surface area contributed by atoms with Gasteiger partial charge in [0.2, 0.25) is 5.91 Å². The summed E-state index contributed by atoms with van der Waals surface area (Å²) in [7, 11) is 0. The summed E-state index contributed by atoms with van der Waals surface area (Å²) in [6.07, 6.45) is 2.78. The Morgan fingerprint density at radius 3 is 2.43 bits per heavy atom. The minimum absolute atomic E-state index is 0.00320. The molecule has 1 amide bonds. The van der Waals surface area contributed by atoms with Gasteiger partial charge in [-0.3, -0.25) is 14.2 Å². The van der Waals surface area contributed by atoms with Gasteiger partial charge in [0.05, 0.1) is 6.33 Å². The molecule has 1 aliphatic heterocycles. The first-order valence-corrected chi connectivity index (χ1v) is 7.42. The van der Waals surface area contributed by atoms with Crippen molar-refractivity contribution in [1.29, 1.82) is 0 Å². The first kappa shape index (κ1) is 15.2. The van der Waals surface area contributed by atoms with Gasteiger partial charge in [0.15, 0.2) is 0 Å². The number of aromatic nitrogens is 2. The van der Waals surface area contributed by atoms with Crippen LogP contribution in [0.4, 0.5) is 10.1 Å². The van der Waals surface area contributed by atoms with Crippen LogP contribution in [0.2, 0.25) is 0 Å². The summed E-state index contributed by atoms with van der Waals surface area (Å²) in [4.78, 5) is 31.6. The maximum atomic E-state index is 13.0. The monoisotopic (exact) mass is 316 g/mol. The Hall–Kier alpha value is -2.70. The molecule has 0 aliphatic carbocycles. The highest BCUT2D eigenvalue weighted by Crippen LogP contribution is 2.17. The lowest BCUT2D eigenvalue weighted by Crippen LogP contribution is -2.50. The molecule has 1 aliphatic rings. The zero-order valence-electron chi connectivity index (χ0n) is 12.6. The number of hydrogen-bond acceptors (Lipinski definition) is 4. The van der Waals surface area contributed by atoms with E-state index in [9.17, 15) is 14.0 Å². The van der Waals surface area contributed by atoms with E-state index in [1.807, 2.05) is 0 Å². The van der Waals surface area contributed by atoms with Crippen molar-refractivity contribution in [3.05, 3.63) is 59.0 Å². The number of halogens is 1. The molecule has 0 saturated carbocycles. The third-order valence-corrected chi connectivity index (χ3v) is 3.92. The molecule has 120 valence electrons. The first-order chi connectivity index (χ1) is 11.1. The minimum atomic E-state index is -0.260. The lowest BCUT2D eigenvalue weighted by Gasteiger charge is -2.36. The fourth-order valence-corrected chi connectivity index (χ4v) is 2.61. The third-order valence-electron chi connectivity index (χ3n) is 3.92. The van der Waals surface area contributed by atoms with Gasteiger partial charge in [-0.1, -0.05) is 0 Å². The standard InChI is InChI=1S/C16H17FN4O2/c17-13-1-3-14(4-2-13)19-7-9-20(10-8-19)16(23)11-21-12-18-6-5-15(21)22/h1-6,12H,7-11H2. The number of piperazine rings is 1. The van der Waals surface area contributed by atoms with Gasteiger partial charge in [0.1, 0.15) is 12.4 Å². The zero-order chi connectivity index (χ0) is 16.2. The van der Waals surface area contributed by atoms with E-state index >= 15 is 0 Å². The van der Waals surface area contributed by atoms with E-state index in [1.165, 1.54) is 35.3 Å². The normalized spacial score (nSPS) is 14.8. The van der Waals surface area contributed by atoms with Gasteiger partial charge in [-0.2, -0.15) is 0 Å². The minimum Gasteiger partial charge on any atom is -0.368 e. The summed E-state index contributed by atoms with van der Waals surface area (Å²) in [6.45, 7) is 2.51. The lowest BCUT2D eigenvalue weighted by molar-refractivity contribution is -0.132. The number of nitrogens with zero attached hydrogens (tertiary/aromatic N) is 4. The summed E-state index contributed by atoms with van der Waals surface area (Å²) in [5, 5.41) is 0. The van der Waals surface area contributed by atoms with Crippen LogP contribution in [-0.4, -0.2) is 46.5 Å². The highest BCUT2D eigenvalue weighted by Gasteiger charge is 2.21. The highest BCUT2D eigenvalue weighted by molar-refractivity contribution is 5.76. The Labute approximate surface area is 132 Å². The van der Waals surface area contributed by atoms with Gasteiger partial charge >= 0.3 is 0 Å². The van der Waals surface area contributed by atoms with E-state index in [0.29, 0.717) is 26.2 Å². The van der Waals surface area contributed by atoms with Crippen LogP contribution in [0, 0.1) is 5.82 Å². The van der Waals surface area contributed by atoms with Crippen LogP contribution >= 0.6 is 0 Å². The lowest BCUT2D eigenvalue weighted by atomic mass is 10.2. The van der Waals surface area contributed by atoms with Crippen molar-refractivity contribution in [3.63, 3.8) is 0 Å². The Balaban J connectivity index is 1.58. The second-order valence-corrected chi connectivity index (χ2v) is 5.39.